The minimum atomic E-state index is -3.85. The van der Waals surface area contributed by atoms with Crippen LogP contribution < -0.4 is 0 Å². The van der Waals surface area contributed by atoms with E-state index >= 15 is 0 Å². The molecule has 0 spiro atoms. The standard InChI is InChI=1S/C42H58O10S3/c1-31(23-37(54(45,46)35-15-11-9-12-16-35)25-33(3)39-49-27-41(5,6)28-50-39)19-21-53(43,44)22-20-32(2)24-38(55(47,48)36-17-13-10-14-18-36)26-34(4)40-51-29-42(7,8)30-52-40/h9-20,25-26,37-40H,21-24,27-30H2,1-8H3/b31-19+,32-20+,33-25+,34-26+. The molecule has 0 aromatic heterocycles. The van der Waals surface area contributed by atoms with Crippen LogP contribution in [0.25, 0.3) is 0 Å². The number of sulfone groups is 3. The fraction of sp³-hybridized carbons (Fsp3) is 0.524. The van der Waals surface area contributed by atoms with E-state index in [9.17, 15) is 25.3 Å². The van der Waals surface area contributed by atoms with Gasteiger partial charge >= 0.3 is 0 Å². The molecule has 2 aromatic carbocycles. The van der Waals surface area contributed by atoms with E-state index in [4.69, 9.17) is 18.9 Å². The number of allylic oxidation sites excluding steroid dienone is 2. The first-order chi connectivity index (χ1) is 25.6. The summed E-state index contributed by atoms with van der Waals surface area (Å²) in [7, 11) is -11.4. The molecule has 0 aliphatic carbocycles. The minimum absolute atomic E-state index is 0.0633. The van der Waals surface area contributed by atoms with E-state index in [2.05, 4.69) is 0 Å². The molecule has 0 amide bonds. The van der Waals surface area contributed by atoms with E-state index < -0.39 is 52.6 Å². The summed E-state index contributed by atoms with van der Waals surface area (Å²) < 4.78 is 106. The molecule has 2 aliphatic heterocycles. The van der Waals surface area contributed by atoms with E-state index in [1.165, 1.54) is 0 Å². The van der Waals surface area contributed by atoms with Crippen molar-refractivity contribution in [3.63, 3.8) is 0 Å². The van der Waals surface area contributed by atoms with Gasteiger partial charge < -0.3 is 18.9 Å². The highest BCUT2D eigenvalue weighted by molar-refractivity contribution is 7.92. The van der Waals surface area contributed by atoms with Crippen molar-refractivity contribution < 1.29 is 44.2 Å². The molecule has 0 bridgehead atoms. The Morgan fingerprint density at radius 3 is 1.20 bits per heavy atom. The van der Waals surface area contributed by atoms with Crippen LogP contribution in [0.15, 0.2) is 117 Å². The van der Waals surface area contributed by atoms with Gasteiger partial charge in [0.2, 0.25) is 0 Å². The third kappa shape index (κ3) is 13.1. The zero-order valence-corrected chi connectivity index (χ0v) is 35.8. The Hall–Kier alpha value is -2.91. The van der Waals surface area contributed by atoms with Crippen LogP contribution in [-0.2, 0) is 48.5 Å². The van der Waals surface area contributed by atoms with E-state index in [0.717, 1.165) is 0 Å². The van der Waals surface area contributed by atoms with Gasteiger partial charge in [-0.2, -0.15) is 0 Å². The first-order valence-corrected chi connectivity index (χ1v) is 23.4. The molecule has 10 nitrogen and oxygen atoms in total. The van der Waals surface area contributed by atoms with Crippen LogP contribution in [0.2, 0.25) is 0 Å². The lowest BCUT2D eigenvalue weighted by Gasteiger charge is -2.35. The van der Waals surface area contributed by atoms with Crippen LogP contribution >= 0.6 is 0 Å². The SMILES string of the molecule is C/C(=C\CS(=O)(=O)C/C=C(\C)CC(/C=C(\C)C1OCC(C)(C)CO1)S(=O)(=O)c1ccccc1)CC(/C=C(\C)C1OCC(C)(C)CO1)S(=O)(=O)c1ccccc1. The molecule has 2 heterocycles. The lowest BCUT2D eigenvalue weighted by atomic mass is 9.95. The Labute approximate surface area is 329 Å². The quantitative estimate of drug-likeness (QED) is 0.157. The van der Waals surface area contributed by atoms with Crippen LogP contribution in [0.5, 0.6) is 0 Å². The average Bonchev–Trinajstić information content (AvgIpc) is 3.13. The fourth-order valence-corrected chi connectivity index (χ4v) is 10.9. The number of hydrogen-bond acceptors (Lipinski definition) is 10. The fourth-order valence-electron chi connectivity index (χ4n) is 6.15. The number of hydrogen-bond donors (Lipinski definition) is 0. The Morgan fingerprint density at radius 1 is 0.582 bits per heavy atom. The van der Waals surface area contributed by atoms with Gasteiger partial charge in [-0.15, -0.1) is 0 Å². The summed E-state index contributed by atoms with van der Waals surface area (Å²) in [5.41, 5.74) is 2.13. The third-order valence-electron chi connectivity index (χ3n) is 9.50. The molecule has 0 radical (unpaired) electrons. The van der Waals surface area contributed by atoms with Crippen LogP contribution in [0, 0.1) is 10.8 Å². The van der Waals surface area contributed by atoms with Gasteiger partial charge in [-0.1, -0.05) is 99.5 Å². The van der Waals surface area contributed by atoms with Gasteiger partial charge in [-0.25, -0.2) is 25.3 Å². The van der Waals surface area contributed by atoms with Crippen molar-refractivity contribution in [2.24, 2.45) is 10.8 Å². The van der Waals surface area contributed by atoms with Crippen LogP contribution in [0.3, 0.4) is 0 Å². The maximum absolute atomic E-state index is 13.9. The molecular weight excluding hydrogens is 761 g/mol. The van der Waals surface area contributed by atoms with Crippen molar-refractivity contribution in [3.8, 4) is 0 Å². The molecule has 2 unspecified atom stereocenters. The van der Waals surface area contributed by atoms with Gasteiger partial charge in [-0.05, 0) is 75.9 Å². The summed E-state index contributed by atoms with van der Waals surface area (Å²) in [6.07, 6.45) is 5.16. The zero-order chi connectivity index (χ0) is 40.7. The Kier molecular flexibility index (Phi) is 15.1. The van der Waals surface area contributed by atoms with Gasteiger partial charge in [0, 0.05) is 10.8 Å². The Morgan fingerprint density at radius 2 is 0.891 bits per heavy atom. The van der Waals surface area contributed by atoms with E-state index in [1.54, 1.807) is 113 Å². The van der Waals surface area contributed by atoms with Crippen molar-refractivity contribution in [1.82, 2.24) is 0 Å². The molecule has 2 aliphatic rings. The van der Waals surface area contributed by atoms with E-state index in [-0.39, 0.29) is 45.0 Å². The van der Waals surface area contributed by atoms with Crippen molar-refractivity contribution in [2.75, 3.05) is 37.9 Å². The second kappa shape index (κ2) is 18.6. The van der Waals surface area contributed by atoms with Crippen molar-refractivity contribution >= 4 is 29.5 Å². The molecular formula is C42H58O10S3. The molecule has 4 rings (SSSR count). The second-order valence-corrected chi connectivity index (χ2v) is 22.9. The molecule has 55 heavy (non-hydrogen) atoms. The van der Waals surface area contributed by atoms with Gasteiger partial charge in [0.15, 0.2) is 42.1 Å². The lowest BCUT2D eigenvalue weighted by molar-refractivity contribution is -0.203. The maximum Gasteiger partial charge on any atom is 0.185 e. The summed E-state index contributed by atoms with van der Waals surface area (Å²) in [6, 6.07) is 16.3. The smallest absolute Gasteiger partial charge is 0.185 e. The predicted molar refractivity (Wildman–Crippen MR) is 217 cm³/mol. The monoisotopic (exact) mass is 818 g/mol. The number of benzene rings is 2. The summed E-state index contributed by atoms with van der Waals surface area (Å²) in [6.45, 7) is 17.0. The third-order valence-corrected chi connectivity index (χ3v) is 14.9. The first kappa shape index (κ1) is 44.8. The second-order valence-electron chi connectivity index (χ2n) is 16.4. The highest BCUT2D eigenvalue weighted by Gasteiger charge is 2.33. The lowest BCUT2D eigenvalue weighted by Crippen LogP contribution is -2.38. The molecule has 2 fully saturated rings. The summed E-state index contributed by atoms with van der Waals surface area (Å²) in [4.78, 5) is 0.328. The molecule has 2 atom stereocenters. The predicted octanol–water partition coefficient (Wildman–Crippen LogP) is 7.45. The number of rotatable bonds is 16. The van der Waals surface area contributed by atoms with E-state index in [0.29, 0.717) is 48.7 Å². The largest absolute Gasteiger partial charge is 0.348 e. The first-order valence-electron chi connectivity index (χ1n) is 18.5. The van der Waals surface area contributed by atoms with Crippen molar-refractivity contribution in [2.45, 2.75) is 101 Å². The highest BCUT2D eigenvalue weighted by Crippen LogP contribution is 2.31. The minimum Gasteiger partial charge on any atom is -0.348 e. The Bertz CT molecular complexity index is 1900. The Balaban J connectivity index is 1.50. The van der Waals surface area contributed by atoms with Crippen LogP contribution in [0.4, 0.5) is 0 Å². The molecule has 2 saturated heterocycles. The number of ether oxygens (including phenoxy) is 4. The zero-order valence-electron chi connectivity index (χ0n) is 33.4. The van der Waals surface area contributed by atoms with Crippen LogP contribution in [-0.4, -0.2) is 86.3 Å². The highest BCUT2D eigenvalue weighted by atomic mass is 32.2. The molecule has 2 aromatic rings. The van der Waals surface area contributed by atoms with Gasteiger partial charge in [0.25, 0.3) is 0 Å². The topological polar surface area (TPSA) is 139 Å². The molecule has 304 valence electrons. The summed E-state index contributed by atoms with van der Waals surface area (Å²) in [5.74, 6) is -0.629. The summed E-state index contributed by atoms with van der Waals surface area (Å²) >= 11 is 0. The van der Waals surface area contributed by atoms with Crippen molar-refractivity contribution in [3.05, 3.63) is 107 Å². The maximum atomic E-state index is 13.9. The summed E-state index contributed by atoms with van der Waals surface area (Å²) in [5, 5.41) is -1.98. The molecule has 0 saturated carbocycles. The normalized spacial score (nSPS) is 20.9. The van der Waals surface area contributed by atoms with E-state index in [1.807, 2.05) is 27.7 Å². The molecule has 0 N–H and O–H groups in total. The van der Waals surface area contributed by atoms with Gasteiger partial charge in [0.05, 0.1) is 58.2 Å². The van der Waals surface area contributed by atoms with Gasteiger partial charge in [-0.3, -0.25) is 0 Å². The molecule has 13 heteroatoms. The van der Waals surface area contributed by atoms with Crippen molar-refractivity contribution in [1.29, 1.82) is 0 Å². The average molecular weight is 819 g/mol. The van der Waals surface area contributed by atoms with Gasteiger partial charge in [0.1, 0.15) is 0 Å². The van der Waals surface area contributed by atoms with Crippen LogP contribution in [0.1, 0.15) is 68.2 Å².